The topological polar surface area (TPSA) is 145 Å². The third-order valence-electron chi connectivity index (χ3n) is 14.0. The summed E-state index contributed by atoms with van der Waals surface area (Å²) in [5.41, 5.74) is 3.44. The molecule has 61 heavy (non-hydrogen) atoms. The molecule has 3 heterocycles. The van der Waals surface area contributed by atoms with Gasteiger partial charge in [-0.05, 0) is 134 Å². The summed E-state index contributed by atoms with van der Waals surface area (Å²) in [7, 11) is -3.41. The number of nitrogens with one attached hydrogen (secondary N) is 1. The predicted octanol–water partition coefficient (Wildman–Crippen LogP) is 9.26. The maximum Gasteiger partial charge on any atom is 0.335 e. The average molecular weight is 998 g/mol. The van der Waals surface area contributed by atoms with Crippen molar-refractivity contribution in [2.24, 2.45) is 28.8 Å². The van der Waals surface area contributed by atoms with E-state index in [2.05, 4.69) is 63.0 Å². The second-order valence-corrected chi connectivity index (χ2v) is 20.1. The number of carboxylic acid groups (broad SMARTS) is 1. The van der Waals surface area contributed by atoms with Crippen molar-refractivity contribution in [1.29, 1.82) is 0 Å². The van der Waals surface area contributed by atoms with Gasteiger partial charge in [0.1, 0.15) is 5.75 Å². The lowest BCUT2D eigenvalue weighted by Gasteiger charge is -2.45. The number of halogens is 2. The van der Waals surface area contributed by atoms with Crippen molar-refractivity contribution < 1.29 is 28.2 Å². The summed E-state index contributed by atoms with van der Waals surface area (Å²) in [4.78, 5) is 18.6. The number of nitrogens with zero attached hydrogens (tertiary/aromatic N) is 2. The predicted molar refractivity (Wildman–Crippen MR) is 261 cm³/mol. The molecule has 0 radical (unpaired) electrons. The number of ether oxygens (including phenoxy) is 1. The van der Waals surface area contributed by atoms with Crippen LogP contribution in [-0.2, 0) is 21.9 Å². The van der Waals surface area contributed by atoms with Crippen LogP contribution < -0.4 is 20.1 Å². The highest BCUT2D eigenvalue weighted by molar-refractivity contribution is 14.1. The molecule has 4 fully saturated rings. The minimum Gasteiger partial charge on any atom is -0.490 e. The van der Waals surface area contributed by atoms with E-state index in [1.807, 2.05) is 17.9 Å². The summed E-state index contributed by atoms with van der Waals surface area (Å²) in [6.07, 6.45) is 17.3. The Labute approximate surface area is 386 Å². The Balaban J connectivity index is 0.000000241. The van der Waals surface area contributed by atoms with Crippen LogP contribution in [0, 0.1) is 23.7 Å². The first-order chi connectivity index (χ1) is 28.8. The number of hydrogen-bond donors (Lipinski definition) is 4. The van der Waals surface area contributed by atoms with Crippen LogP contribution in [0.15, 0.2) is 61.7 Å². The van der Waals surface area contributed by atoms with Gasteiger partial charge in [0.25, 0.3) is 0 Å². The van der Waals surface area contributed by atoms with Crippen LogP contribution in [-0.4, -0.2) is 97.7 Å². The Kier molecular flexibility index (Phi) is 20.4. The Morgan fingerprint density at radius 1 is 1.08 bits per heavy atom. The molecule has 5 N–H and O–H groups in total. The van der Waals surface area contributed by atoms with Crippen molar-refractivity contribution in [3.8, 4) is 5.75 Å². The lowest BCUT2D eigenvalue weighted by atomic mass is 9.68. The second kappa shape index (κ2) is 24.2. The third kappa shape index (κ3) is 13.4. The normalized spacial score (nSPS) is 25.8. The molecule has 6 aliphatic rings. The number of carbonyl (C=O) groups is 1. The van der Waals surface area contributed by atoms with E-state index in [4.69, 9.17) is 21.5 Å². The van der Waals surface area contributed by atoms with Crippen LogP contribution in [0.2, 0.25) is 5.02 Å². The molecule has 0 aromatic heterocycles. The molecule has 342 valence electrons. The maximum atomic E-state index is 11.7. The highest BCUT2D eigenvalue weighted by atomic mass is 127. The summed E-state index contributed by atoms with van der Waals surface area (Å²) in [6, 6.07) is 12.2. The largest absolute Gasteiger partial charge is 0.490 e. The average Bonchev–Trinajstić information content (AvgIpc) is 3.36. The molecule has 1 unspecified atom stereocenters. The fourth-order valence-corrected chi connectivity index (χ4v) is 11.7. The first kappa shape index (κ1) is 51.4. The molecule has 13 heteroatoms. The number of aliphatic hydroxyl groups is 1. The molecule has 2 aromatic rings. The number of aromatic carboxylic acids is 1. The van der Waals surface area contributed by atoms with Crippen molar-refractivity contribution in [3.63, 3.8) is 0 Å². The summed E-state index contributed by atoms with van der Waals surface area (Å²) in [5.74, 6) is 0.934. The lowest BCUT2D eigenvalue weighted by molar-refractivity contribution is 0.0460. The smallest absolute Gasteiger partial charge is 0.335 e. The minimum absolute atomic E-state index is 0. The van der Waals surface area contributed by atoms with Gasteiger partial charge in [0.15, 0.2) is 0 Å². The Morgan fingerprint density at radius 3 is 2.48 bits per heavy atom. The molecular weight excluding hydrogens is 923 g/mol. The van der Waals surface area contributed by atoms with E-state index in [-0.39, 0.29) is 35.5 Å². The molecule has 8 rings (SSSR count). The van der Waals surface area contributed by atoms with E-state index >= 15 is 0 Å². The van der Waals surface area contributed by atoms with E-state index in [0.717, 1.165) is 87.0 Å². The van der Waals surface area contributed by atoms with Gasteiger partial charge in [0.2, 0.25) is 10.0 Å². The SMILES string of the molecule is C.C1CCN2CCNC[C@H]2C1.C=CC[C@H](C)C(CC1CCC1)S(N)(=O)=O.C=C[C@H](O)[C@@H]1CC[C@H]1CN1C[C@@]2(CCCc3cc(Cl)ccc32)COc2ccc(C(=O)O)cc21.CI. The molecule has 0 amide bonds. The van der Waals surface area contributed by atoms with Crippen molar-refractivity contribution in [3.05, 3.63) is 83.4 Å². The van der Waals surface area contributed by atoms with Crippen LogP contribution >= 0.6 is 34.2 Å². The molecule has 3 aliphatic heterocycles. The lowest BCUT2D eigenvalue weighted by Crippen LogP contribution is -2.53. The number of primary sulfonamides is 1. The van der Waals surface area contributed by atoms with E-state index < -0.39 is 22.1 Å². The molecule has 10 nitrogen and oxygen atoms in total. The number of hydrogen-bond acceptors (Lipinski definition) is 8. The number of allylic oxidation sites excluding steroid dienone is 1. The maximum absolute atomic E-state index is 11.7. The molecule has 2 saturated carbocycles. The molecule has 2 aromatic carbocycles. The van der Waals surface area contributed by atoms with E-state index in [0.29, 0.717) is 24.9 Å². The van der Waals surface area contributed by atoms with Crippen molar-refractivity contribution in [2.75, 3.05) is 55.7 Å². The van der Waals surface area contributed by atoms with Gasteiger partial charge in [0.05, 0.1) is 29.2 Å². The highest BCUT2D eigenvalue weighted by Gasteiger charge is 2.44. The van der Waals surface area contributed by atoms with Gasteiger partial charge in [-0.1, -0.05) is 92.4 Å². The van der Waals surface area contributed by atoms with E-state index in [1.54, 1.807) is 30.4 Å². The van der Waals surface area contributed by atoms with Crippen LogP contribution in [0.3, 0.4) is 0 Å². The fourth-order valence-electron chi connectivity index (χ4n) is 10.2. The number of anilines is 1. The van der Waals surface area contributed by atoms with Crippen molar-refractivity contribution >= 4 is 55.9 Å². The molecular formula is C48H74ClIN4O6S. The first-order valence-corrected chi connectivity index (χ1v) is 26.3. The van der Waals surface area contributed by atoms with Gasteiger partial charge in [-0.15, -0.1) is 13.2 Å². The number of aryl methyl sites for hydroxylation is 1. The summed E-state index contributed by atoms with van der Waals surface area (Å²) in [5, 5.41) is 29.1. The zero-order valence-corrected chi connectivity index (χ0v) is 39.6. The standard InChI is InChI=1S/C27H30ClNO4.C11H21NO2S.C8H16N2.CH3I.CH4/c1-2-24(30)21-8-5-19(21)14-29-15-27(11-3-4-17-12-20(28)7-9-22(17)27)16-33-25-10-6-18(26(31)32)13-23(25)29;1-3-5-9(2)11(15(12,13)14)8-10-6-4-7-10;1-2-5-10-6-4-9-7-8(10)3-1;1-2;/h2,6-7,9-10,12-13,19,21,24,30H,1,3-5,8,11,14-16H2,(H,31,32);3,9-11H,1,4-8H2,2H3,(H2,12,13,14);8-9H,1-7H2;1H3;1H4/t19-,21+,24-,27-;9-,11?;8-;;/m001../s1. The number of carboxylic acids is 1. The van der Waals surface area contributed by atoms with Gasteiger partial charge in [-0.3, -0.25) is 4.90 Å². The van der Waals surface area contributed by atoms with E-state index in [1.165, 1.54) is 63.0 Å². The van der Waals surface area contributed by atoms with Crippen LogP contribution in [0.5, 0.6) is 5.75 Å². The van der Waals surface area contributed by atoms with Gasteiger partial charge in [-0.2, -0.15) is 0 Å². The monoisotopic (exact) mass is 996 g/mol. The number of alkyl halides is 1. The van der Waals surface area contributed by atoms with Crippen LogP contribution in [0.4, 0.5) is 5.69 Å². The van der Waals surface area contributed by atoms with Gasteiger partial charge in [0, 0.05) is 49.2 Å². The number of benzene rings is 2. The number of sulfonamides is 1. The van der Waals surface area contributed by atoms with Crippen LogP contribution in [0.25, 0.3) is 0 Å². The zero-order valence-electron chi connectivity index (χ0n) is 35.9. The number of fused-ring (bicyclic) bond motifs is 4. The number of nitrogens with two attached hydrogens (primary N) is 1. The van der Waals surface area contributed by atoms with Gasteiger partial charge < -0.3 is 25.2 Å². The fraction of sp³-hybridized carbons (Fsp3) is 0.646. The molecule has 2 saturated heterocycles. The summed E-state index contributed by atoms with van der Waals surface area (Å²) < 4.78 is 29.3. The van der Waals surface area contributed by atoms with Crippen molar-refractivity contribution in [1.82, 2.24) is 10.2 Å². The summed E-state index contributed by atoms with van der Waals surface area (Å²) in [6.45, 7) is 16.5. The molecule has 7 atom stereocenters. The number of rotatable bonds is 11. The summed E-state index contributed by atoms with van der Waals surface area (Å²) >= 11 is 8.46. The van der Waals surface area contributed by atoms with Crippen molar-refractivity contribution in [2.45, 2.75) is 121 Å². The molecule has 3 aliphatic carbocycles. The highest BCUT2D eigenvalue weighted by Crippen LogP contribution is 2.47. The number of aliphatic hydroxyl groups excluding tert-OH is 1. The number of piperidine rings is 1. The molecule has 1 spiro atoms. The third-order valence-corrected chi connectivity index (χ3v) is 15.7. The van der Waals surface area contributed by atoms with Gasteiger partial charge >= 0.3 is 5.97 Å². The minimum atomic E-state index is -3.41. The zero-order chi connectivity index (χ0) is 43.5. The van der Waals surface area contributed by atoms with Gasteiger partial charge in [-0.25, -0.2) is 18.4 Å². The Hall–Kier alpha value is -2.20. The first-order valence-electron chi connectivity index (χ1n) is 22.1. The number of piperazine rings is 1. The Morgan fingerprint density at radius 2 is 1.85 bits per heavy atom. The Bertz CT molecular complexity index is 1820. The van der Waals surface area contributed by atoms with E-state index in [9.17, 15) is 23.4 Å². The second-order valence-electron chi connectivity index (χ2n) is 17.9. The molecule has 0 bridgehead atoms. The van der Waals surface area contributed by atoms with Crippen LogP contribution in [0.1, 0.15) is 113 Å². The quantitative estimate of drug-likeness (QED) is 0.0984.